The van der Waals surface area contributed by atoms with Crippen LogP contribution in [0.1, 0.15) is 13.3 Å². The standard InChI is InChI=1S/C12H15F3N2O3/c1-3-4-7(2)16-11(20)17-5-8(10(18)19)9(6-17)12(13,14)15/h1,7-9H,4-6H2,2H3,(H,16,20)(H,18,19)/t7?,8-,9-/m1/s1. The van der Waals surface area contributed by atoms with E-state index in [1.807, 2.05) is 0 Å². The van der Waals surface area contributed by atoms with Crippen LogP contribution in [0.25, 0.3) is 0 Å². The fourth-order valence-corrected chi connectivity index (χ4v) is 2.08. The highest BCUT2D eigenvalue weighted by Gasteiger charge is 2.53. The average molecular weight is 292 g/mol. The first-order chi connectivity index (χ1) is 9.16. The predicted molar refractivity (Wildman–Crippen MR) is 63.7 cm³/mol. The lowest BCUT2D eigenvalue weighted by molar-refractivity contribution is -0.187. The quantitative estimate of drug-likeness (QED) is 0.770. The zero-order valence-corrected chi connectivity index (χ0v) is 10.8. The Morgan fingerprint density at radius 3 is 2.50 bits per heavy atom. The number of aliphatic carboxylic acids is 1. The third-order valence-corrected chi connectivity index (χ3v) is 3.14. The number of carbonyl (C=O) groups excluding carboxylic acids is 1. The second-order valence-corrected chi connectivity index (χ2v) is 4.76. The van der Waals surface area contributed by atoms with Gasteiger partial charge >= 0.3 is 18.2 Å². The maximum Gasteiger partial charge on any atom is 0.394 e. The Balaban J connectivity index is 2.73. The SMILES string of the molecule is C#CCC(C)NC(=O)N1C[C@@H](C(F)(F)F)[C@H](C(=O)O)C1. The number of nitrogens with one attached hydrogen (secondary N) is 1. The van der Waals surface area contributed by atoms with E-state index in [1.165, 1.54) is 0 Å². The molecule has 8 heteroatoms. The van der Waals surface area contributed by atoms with Gasteiger partial charge in [0, 0.05) is 25.6 Å². The fourth-order valence-electron chi connectivity index (χ4n) is 2.08. The van der Waals surface area contributed by atoms with E-state index < -0.39 is 43.1 Å². The number of likely N-dealkylation sites (tertiary alicyclic amines) is 1. The normalized spacial score (nSPS) is 24.1. The Bertz CT molecular complexity index is 431. The lowest BCUT2D eigenvalue weighted by Crippen LogP contribution is -2.43. The molecule has 0 aromatic heterocycles. The van der Waals surface area contributed by atoms with Crippen molar-refractivity contribution in [3.63, 3.8) is 0 Å². The average Bonchev–Trinajstić information content (AvgIpc) is 2.73. The molecular formula is C12H15F3N2O3. The van der Waals surface area contributed by atoms with Crippen molar-refractivity contribution in [2.75, 3.05) is 13.1 Å². The first-order valence-electron chi connectivity index (χ1n) is 5.95. The lowest BCUT2D eigenvalue weighted by atomic mass is 9.96. The van der Waals surface area contributed by atoms with Crippen LogP contribution < -0.4 is 5.32 Å². The Kier molecular flexibility index (Phi) is 4.87. The molecule has 0 aromatic rings. The number of halogens is 3. The molecule has 1 rings (SSSR count). The number of terminal acetylenes is 1. The summed E-state index contributed by atoms with van der Waals surface area (Å²) in [6.07, 6.45) is 0.649. The molecule has 1 aliphatic rings. The van der Waals surface area contributed by atoms with Crippen molar-refractivity contribution >= 4 is 12.0 Å². The number of nitrogens with zero attached hydrogens (tertiary/aromatic N) is 1. The monoisotopic (exact) mass is 292 g/mol. The number of alkyl halides is 3. The highest BCUT2D eigenvalue weighted by molar-refractivity contribution is 5.78. The number of carboxylic acid groups (broad SMARTS) is 1. The molecule has 0 bridgehead atoms. The maximum absolute atomic E-state index is 12.7. The molecule has 1 fully saturated rings. The van der Waals surface area contributed by atoms with Gasteiger partial charge in [0.15, 0.2) is 0 Å². The van der Waals surface area contributed by atoms with Gasteiger partial charge in [-0.05, 0) is 6.92 Å². The van der Waals surface area contributed by atoms with Gasteiger partial charge in [-0.2, -0.15) is 13.2 Å². The van der Waals surface area contributed by atoms with Crippen LogP contribution in [0.2, 0.25) is 0 Å². The second-order valence-electron chi connectivity index (χ2n) is 4.76. The summed E-state index contributed by atoms with van der Waals surface area (Å²) in [5.74, 6) is -2.92. The number of carbonyl (C=O) groups is 2. The molecule has 0 aromatic carbocycles. The number of rotatable bonds is 3. The summed E-state index contributed by atoms with van der Waals surface area (Å²) in [4.78, 5) is 23.5. The summed E-state index contributed by atoms with van der Waals surface area (Å²) in [7, 11) is 0. The summed E-state index contributed by atoms with van der Waals surface area (Å²) in [6.45, 7) is 0.493. The second kappa shape index (κ2) is 6.03. The van der Waals surface area contributed by atoms with Crippen molar-refractivity contribution < 1.29 is 27.9 Å². The number of hydrogen-bond acceptors (Lipinski definition) is 2. The van der Waals surface area contributed by atoms with E-state index in [9.17, 15) is 22.8 Å². The molecule has 0 aliphatic carbocycles. The first-order valence-corrected chi connectivity index (χ1v) is 5.95. The highest BCUT2D eigenvalue weighted by Crippen LogP contribution is 2.37. The molecule has 1 saturated heterocycles. The van der Waals surface area contributed by atoms with E-state index >= 15 is 0 Å². The Morgan fingerprint density at radius 2 is 2.10 bits per heavy atom. The largest absolute Gasteiger partial charge is 0.481 e. The Hall–Kier alpha value is -1.91. The number of urea groups is 1. The van der Waals surface area contributed by atoms with E-state index in [1.54, 1.807) is 6.92 Å². The van der Waals surface area contributed by atoms with Crippen molar-refractivity contribution in [1.29, 1.82) is 0 Å². The summed E-state index contributed by atoms with van der Waals surface area (Å²) in [5.41, 5.74) is 0. The van der Waals surface area contributed by atoms with Crippen LogP contribution >= 0.6 is 0 Å². The van der Waals surface area contributed by atoms with Crippen molar-refractivity contribution in [3.8, 4) is 12.3 Å². The maximum atomic E-state index is 12.7. The zero-order chi connectivity index (χ0) is 15.5. The van der Waals surface area contributed by atoms with Crippen LogP contribution in [0.5, 0.6) is 0 Å². The minimum absolute atomic E-state index is 0.241. The van der Waals surface area contributed by atoms with E-state index in [0.29, 0.717) is 0 Å². The molecule has 2 amide bonds. The number of carboxylic acids is 1. The van der Waals surface area contributed by atoms with Gasteiger partial charge in [-0.25, -0.2) is 4.79 Å². The molecule has 112 valence electrons. The minimum Gasteiger partial charge on any atom is -0.481 e. The van der Waals surface area contributed by atoms with E-state index in [4.69, 9.17) is 11.5 Å². The van der Waals surface area contributed by atoms with Crippen molar-refractivity contribution in [2.45, 2.75) is 25.6 Å². The van der Waals surface area contributed by atoms with Gasteiger partial charge in [0.2, 0.25) is 0 Å². The predicted octanol–water partition coefficient (Wildman–Crippen LogP) is 1.30. The molecule has 2 N–H and O–H groups in total. The molecule has 1 unspecified atom stereocenters. The van der Waals surface area contributed by atoms with Crippen molar-refractivity contribution in [2.24, 2.45) is 11.8 Å². The fraction of sp³-hybridized carbons (Fsp3) is 0.667. The van der Waals surface area contributed by atoms with Gasteiger partial charge < -0.3 is 15.3 Å². The van der Waals surface area contributed by atoms with Crippen LogP contribution in [0.4, 0.5) is 18.0 Å². The third kappa shape index (κ3) is 3.79. The first kappa shape index (κ1) is 16.1. The molecule has 5 nitrogen and oxygen atoms in total. The smallest absolute Gasteiger partial charge is 0.394 e. The molecule has 1 heterocycles. The molecule has 3 atom stereocenters. The zero-order valence-electron chi connectivity index (χ0n) is 10.8. The van der Waals surface area contributed by atoms with Gasteiger partial charge in [0.1, 0.15) is 0 Å². The minimum atomic E-state index is -4.65. The van der Waals surface area contributed by atoms with E-state index in [0.717, 1.165) is 4.90 Å². The summed E-state index contributed by atoms with van der Waals surface area (Å²) >= 11 is 0. The summed E-state index contributed by atoms with van der Waals surface area (Å²) in [6, 6.07) is -1.12. The number of hydrogen-bond donors (Lipinski definition) is 2. The van der Waals surface area contributed by atoms with Crippen LogP contribution in [0.15, 0.2) is 0 Å². The molecule has 20 heavy (non-hydrogen) atoms. The summed E-state index contributed by atoms with van der Waals surface area (Å²) < 4.78 is 38.2. The van der Waals surface area contributed by atoms with Crippen LogP contribution in [0.3, 0.4) is 0 Å². The third-order valence-electron chi connectivity index (χ3n) is 3.14. The molecule has 0 radical (unpaired) electrons. The van der Waals surface area contributed by atoms with Gasteiger partial charge in [0.05, 0.1) is 11.8 Å². The van der Waals surface area contributed by atoms with E-state index in [-0.39, 0.29) is 12.5 Å². The molecule has 1 aliphatic heterocycles. The van der Waals surface area contributed by atoms with E-state index in [2.05, 4.69) is 11.2 Å². The van der Waals surface area contributed by atoms with Gasteiger partial charge in [0.25, 0.3) is 0 Å². The van der Waals surface area contributed by atoms with Gasteiger partial charge in [-0.1, -0.05) is 0 Å². The lowest BCUT2D eigenvalue weighted by Gasteiger charge is -2.20. The van der Waals surface area contributed by atoms with Gasteiger partial charge in [-0.15, -0.1) is 12.3 Å². The topological polar surface area (TPSA) is 69.6 Å². The van der Waals surface area contributed by atoms with Gasteiger partial charge in [-0.3, -0.25) is 4.79 Å². The highest BCUT2D eigenvalue weighted by atomic mass is 19.4. The van der Waals surface area contributed by atoms with Crippen LogP contribution in [-0.4, -0.2) is 47.3 Å². The Morgan fingerprint density at radius 1 is 1.50 bits per heavy atom. The Labute approximate surface area is 114 Å². The number of amides is 2. The van der Waals surface area contributed by atoms with Crippen LogP contribution in [0, 0.1) is 24.2 Å². The molecule has 0 spiro atoms. The molecular weight excluding hydrogens is 277 g/mol. The molecule has 0 saturated carbocycles. The summed E-state index contributed by atoms with van der Waals surface area (Å²) in [5, 5.41) is 11.3. The van der Waals surface area contributed by atoms with Crippen molar-refractivity contribution in [3.05, 3.63) is 0 Å². The van der Waals surface area contributed by atoms with Crippen molar-refractivity contribution in [1.82, 2.24) is 10.2 Å². The van der Waals surface area contributed by atoms with Crippen LogP contribution in [-0.2, 0) is 4.79 Å².